The van der Waals surface area contributed by atoms with Crippen LogP contribution in [0.3, 0.4) is 0 Å². The molecule has 0 amide bonds. The predicted molar refractivity (Wildman–Crippen MR) is 76.5 cm³/mol. The summed E-state index contributed by atoms with van der Waals surface area (Å²) in [6, 6.07) is 10.1. The lowest BCUT2D eigenvalue weighted by Gasteiger charge is -2.25. The molecule has 0 aliphatic carbocycles. The third-order valence-electron chi connectivity index (χ3n) is 2.71. The number of carboxylic acids is 1. The summed E-state index contributed by atoms with van der Waals surface area (Å²) in [7, 11) is 0. The second kappa shape index (κ2) is 5.27. The summed E-state index contributed by atoms with van der Waals surface area (Å²) in [5.41, 5.74) is -0.776. The van der Waals surface area contributed by atoms with E-state index in [2.05, 4.69) is 21.2 Å². The predicted octanol–water partition coefficient (Wildman–Crippen LogP) is 4.11. The minimum Gasteiger partial charge on any atom is -0.479 e. The molecule has 100 valence electrons. The van der Waals surface area contributed by atoms with Crippen molar-refractivity contribution in [2.24, 2.45) is 0 Å². The van der Waals surface area contributed by atoms with Crippen molar-refractivity contribution in [2.75, 3.05) is 5.32 Å². The van der Waals surface area contributed by atoms with Crippen LogP contribution in [0.5, 0.6) is 0 Å². The van der Waals surface area contributed by atoms with E-state index in [1.807, 2.05) is 0 Å². The average molecular weight is 345 g/mol. The van der Waals surface area contributed by atoms with Gasteiger partial charge >= 0.3 is 5.97 Å². The highest BCUT2D eigenvalue weighted by Gasteiger charge is 2.38. The van der Waals surface area contributed by atoms with Crippen LogP contribution in [0.25, 0.3) is 0 Å². The van der Waals surface area contributed by atoms with Crippen LogP contribution in [0, 0.1) is 0 Å². The molecule has 0 saturated heterocycles. The molecule has 1 heterocycles. The van der Waals surface area contributed by atoms with Gasteiger partial charge in [-0.2, -0.15) is 0 Å². The van der Waals surface area contributed by atoms with Crippen LogP contribution in [0.15, 0.2) is 45.5 Å². The van der Waals surface area contributed by atoms with Crippen LogP contribution in [0.1, 0.15) is 12.7 Å². The molecule has 0 aliphatic heterocycles. The Morgan fingerprint density at radius 2 is 2.16 bits per heavy atom. The van der Waals surface area contributed by atoms with Crippen molar-refractivity contribution in [3.05, 3.63) is 51.9 Å². The maximum absolute atomic E-state index is 11.5. The van der Waals surface area contributed by atoms with Gasteiger partial charge in [-0.05, 0) is 53.2 Å². The van der Waals surface area contributed by atoms with Crippen molar-refractivity contribution >= 4 is 39.2 Å². The number of hydrogen-bond donors (Lipinski definition) is 2. The van der Waals surface area contributed by atoms with E-state index in [-0.39, 0.29) is 0 Å². The Kier molecular flexibility index (Phi) is 3.87. The van der Waals surface area contributed by atoms with E-state index >= 15 is 0 Å². The zero-order valence-corrected chi connectivity index (χ0v) is 12.3. The fourth-order valence-electron chi connectivity index (χ4n) is 1.66. The fourth-order valence-corrected chi connectivity index (χ4v) is 2.16. The molecule has 6 heteroatoms. The lowest BCUT2D eigenvalue weighted by molar-refractivity contribution is -0.142. The van der Waals surface area contributed by atoms with Crippen molar-refractivity contribution in [3.8, 4) is 0 Å². The molecule has 2 N–H and O–H groups in total. The Hall–Kier alpha value is -1.46. The van der Waals surface area contributed by atoms with Gasteiger partial charge in [0.15, 0.2) is 10.2 Å². The summed E-state index contributed by atoms with van der Waals surface area (Å²) in [5.74, 6) is -0.749. The van der Waals surface area contributed by atoms with Gasteiger partial charge in [-0.25, -0.2) is 4.79 Å². The molecule has 0 bridgehead atoms. The summed E-state index contributed by atoms with van der Waals surface area (Å²) >= 11 is 9.05. The van der Waals surface area contributed by atoms with Crippen molar-refractivity contribution in [1.29, 1.82) is 0 Å². The van der Waals surface area contributed by atoms with Crippen molar-refractivity contribution < 1.29 is 14.3 Å². The second-order valence-electron chi connectivity index (χ2n) is 4.17. The lowest BCUT2D eigenvalue weighted by Crippen LogP contribution is -2.40. The topological polar surface area (TPSA) is 62.5 Å². The van der Waals surface area contributed by atoms with E-state index in [0.717, 1.165) is 0 Å². The second-order valence-corrected chi connectivity index (χ2v) is 5.39. The number of benzene rings is 1. The van der Waals surface area contributed by atoms with E-state index < -0.39 is 11.5 Å². The molecule has 2 aromatic rings. The molecule has 0 saturated carbocycles. The lowest BCUT2D eigenvalue weighted by atomic mass is 9.98. The largest absolute Gasteiger partial charge is 0.479 e. The number of hydrogen-bond acceptors (Lipinski definition) is 3. The number of furan rings is 1. The van der Waals surface area contributed by atoms with E-state index in [1.54, 1.807) is 36.4 Å². The Bertz CT molecular complexity index is 613. The monoisotopic (exact) mass is 343 g/mol. The zero-order valence-electron chi connectivity index (χ0n) is 9.98. The summed E-state index contributed by atoms with van der Waals surface area (Å²) in [6.07, 6.45) is 0. The summed E-state index contributed by atoms with van der Waals surface area (Å²) < 4.78 is 5.83. The molecular weight excluding hydrogens is 334 g/mol. The smallest absolute Gasteiger partial charge is 0.337 e. The molecule has 0 spiro atoms. The standard InChI is InChI=1S/C13H11BrClNO3/c1-13(12(17)18,10-5-6-11(14)19-10)16-9-4-2-3-8(15)7-9/h2-7,16H,1H3,(H,17,18). The first-order valence-electron chi connectivity index (χ1n) is 5.45. The van der Waals surface area contributed by atoms with Gasteiger partial charge in [-0.1, -0.05) is 17.7 Å². The summed E-state index contributed by atoms with van der Waals surface area (Å²) in [5, 5.41) is 12.9. The van der Waals surface area contributed by atoms with Crippen LogP contribution in [-0.4, -0.2) is 11.1 Å². The summed E-state index contributed by atoms with van der Waals surface area (Å²) in [6.45, 7) is 1.53. The number of carboxylic acid groups (broad SMARTS) is 1. The molecule has 1 atom stereocenters. The first-order chi connectivity index (χ1) is 8.91. The van der Waals surface area contributed by atoms with Crippen LogP contribution in [-0.2, 0) is 10.3 Å². The molecular formula is C13H11BrClNO3. The molecule has 0 aliphatic rings. The van der Waals surface area contributed by atoms with Crippen LogP contribution in [0.4, 0.5) is 5.69 Å². The molecule has 0 radical (unpaired) electrons. The number of aliphatic carboxylic acids is 1. The maximum Gasteiger partial charge on any atom is 0.337 e. The van der Waals surface area contributed by atoms with E-state index in [9.17, 15) is 9.90 Å². The van der Waals surface area contributed by atoms with Gasteiger partial charge in [0, 0.05) is 10.7 Å². The Morgan fingerprint density at radius 1 is 1.42 bits per heavy atom. The van der Waals surface area contributed by atoms with Gasteiger partial charge in [0.05, 0.1) is 0 Å². The highest BCUT2D eigenvalue weighted by molar-refractivity contribution is 9.10. The zero-order chi connectivity index (χ0) is 14.0. The van der Waals surface area contributed by atoms with Crippen molar-refractivity contribution in [3.63, 3.8) is 0 Å². The number of carbonyl (C=O) groups is 1. The molecule has 1 unspecified atom stereocenters. The average Bonchev–Trinajstić information content (AvgIpc) is 2.76. The molecule has 1 aromatic heterocycles. The first kappa shape index (κ1) is 14.0. The molecule has 2 rings (SSSR count). The number of anilines is 1. The fraction of sp³-hybridized carbons (Fsp3) is 0.154. The van der Waals surface area contributed by atoms with Gasteiger partial charge in [0.25, 0.3) is 0 Å². The maximum atomic E-state index is 11.5. The number of halogens is 2. The van der Waals surface area contributed by atoms with Gasteiger partial charge < -0.3 is 14.8 Å². The minimum absolute atomic E-state index is 0.298. The molecule has 0 fully saturated rings. The molecule has 4 nitrogen and oxygen atoms in total. The van der Waals surface area contributed by atoms with E-state index in [0.29, 0.717) is 21.1 Å². The summed E-state index contributed by atoms with van der Waals surface area (Å²) in [4.78, 5) is 11.5. The normalized spacial score (nSPS) is 13.8. The highest BCUT2D eigenvalue weighted by atomic mass is 79.9. The van der Waals surface area contributed by atoms with Crippen LogP contribution < -0.4 is 5.32 Å². The van der Waals surface area contributed by atoms with Gasteiger partial charge in [0.1, 0.15) is 5.76 Å². The number of nitrogens with one attached hydrogen (secondary N) is 1. The van der Waals surface area contributed by atoms with Gasteiger partial charge in [-0.3, -0.25) is 0 Å². The Labute approximate surface area is 123 Å². The van der Waals surface area contributed by atoms with Crippen LogP contribution in [0.2, 0.25) is 5.02 Å². The van der Waals surface area contributed by atoms with Crippen LogP contribution >= 0.6 is 27.5 Å². The third-order valence-corrected chi connectivity index (χ3v) is 3.37. The Balaban J connectivity index is 2.38. The van der Waals surface area contributed by atoms with Gasteiger partial charge in [-0.15, -0.1) is 0 Å². The Morgan fingerprint density at radius 3 is 2.68 bits per heavy atom. The quantitative estimate of drug-likeness (QED) is 0.876. The molecule has 1 aromatic carbocycles. The van der Waals surface area contributed by atoms with Crippen molar-refractivity contribution in [1.82, 2.24) is 0 Å². The van der Waals surface area contributed by atoms with Gasteiger partial charge in [0.2, 0.25) is 0 Å². The molecule has 19 heavy (non-hydrogen) atoms. The number of rotatable bonds is 4. The SMILES string of the molecule is CC(Nc1cccc(Cl)c1)(C(=O)O)c1ccc(Br)o1. The first-order valence-corrected chi connectivity index (χ1v) is 6.62. The van der Waals surface area contributed by atoms with E-state index in [1.165, 1.54) is 6.92 Å². The van der Waals surface area contributed by atoms with Crippen molar-refractivity contribution in [2.45, 2.75) is 12.5 Å². The third kappa shape index (κ3) is 2.93. The minimum atomic E-state index is -1.38. The highest BCUT2D eigenvalue weighted by Crippen LogP contribution is 2.30. The van der Waals surface area contributed by atoms with E-state index in [4.69, 9.17) is 16.0 Å².